The van der Waals surface area contributed by atoms with E-state index >= 15 is 0 Å². The predicted molar refractivity (Wildman–Crippen MR) is 93.2 cm³/mol. The number of amides is 1. The van der Waals surface area contributed by atoms with Crippen LogP contribution in [0.5, 0.6) is 0 Å². The van der Waals surface area contributed by atoms with Gasteiger partial charge in [0.25, 0.3) is 5.91 Å². The van der Waals surface area contributed by atoms with Crippen LogP contribution in [0.1, 0.15) is 10.4 Å². The molecule has 0 spiro atoms. The molecule has 2 aromatic carbocycles. The number of aromatic nitrogens is 1. The van der Waals surface area contributed by atoms with Crippen LogP contribution >= 0.6 is 11.3 Å². The van der Waals surface area contributed by atoms with Gasteiger partial charge in [0.1, 0.15) is 17.0 Å². The van der Waals surface area contributed by atoms with E-state index in [4.69, 9.17) is 4.42 Å². The third-order valence-electron chi connectivity index (χ3n) is 3.52. The standard InChI is InChI=1S/C17H10FN3O3S/c18-10-5-6-12-14(8-10)25-17(19-12)21-20-15(22)11-7-9-3-1-2-4-13(9)24-16(11)23/h1-8H,(H,19,21)(H,20,22). The summed E-state index contributed by atoms with van der Waals surface area (Å²) in [6.45, 7) is 0. The van der Waals surface area contributed by atoms with E-state index in [1.165, 1.54) is 29.5 Å². The van der Waals surface area contributed by atoms with Crippen LogP contribution in [0.3, 0.4) is 0 Å². The molecule has 1 amide bonds. The summed E-state index contributed by atoms with van der Waals surface area (Å²) in [5.74, 6) is -1.01. The van der Waals surface area contributed by atoms with Gasteiger partial charge in [0, 0.05) is 5.39 Å². The molecular weight excluding hydrogens is 345 g/mol. The van der Waals surface area contributed by atoms with Crippen molar-refractivity contribution in [2.24, 2.45) is 0 Å². The van der Waals surface area contributed by atoms with Crippen molar-refractivity contribution in [3.63, 3.8) is 0 Å². The van der Waals surface area contributed by atoms with Crippen LogP contribution < -0.4 is 16.5 Å². The molecule has 0 bridgehead atoms. The molecule has 0 aliphatic carbocycles. The zero-order valence-corrected chi connectivity index (χ0v) is 13.4. The Kier molecular flexibility index (Phi) is 3.66. The minimum absolute atomic E-state index is 0.127. The Bertz CT molecular complexity index is 1170. The molecule has 0 aliphatic heterocycles. The fourth-order valence-electron chi connectivity index (χ4n) is 2.35. The average Bonchev–Trinajstić information content (AvgIpc) is 3.01. The Balaban J connectivity index is 1.57. The number of benzene rings is 2. The number of para-hydroxylation sites is 1. The van der Waals surface area contributed by atoms with Crippen LogP contribution in [0.2, 0.25) is 0 Å². The Morgan fingerprint density at radius 3 is 2.88 bits per heavy atom. The highest BCUT2D eigenvalue weighted by molar-refractivity contribution is 7.22. The second kappa shape index (κ2) is 5.99. The van der Waals surface area contributed by atoms with E-state index in [0.29, 0.717) is 26.3 Å². The van der Waals surface area contributed by atoms with Crippen LogP contribution in [-0.4, -0.2) is 10.9 Å². The Morgan fingerprint density at radius 1 is 1.16 bits per heavy atom. The summed E-state index contributed by atoms with van der Waals surface area (Å²) in [6, 6.07) is 12.6. The van der Waals surface area contributed by atoms with E-state index < -0.39 is 11.5 Å². The molecular formula is C17H10FN3O3S. The fourth-order valence-corrected chi connectivity index (χ4v) is 3.19. The van der Waals surface area contributed by atoms with E-state index in [9.17, 15) is 14.0 Å². The molecule has 0 aliphatic rings. The van der Waals surface area contributed by atoms with E-state index in [1.54, 1.807) is 30.3 Å². The van der Waals surface area contributed by atoms with Crippen molar-refractivity contribution >= 4 is 43.6 Å². The van der Waals surface area contributed by atoms with Crippen molar-refractivity contribution in [2.75, 3.05) is 5.43 Å². The molecule has 0 saturated carbocycles. The number of hydrogen-bond donors (Lipinski definition) is 2. The van der Waals surface area contributed by atoms with Gasteiger partial charge in [-0.25, -0.2) is 14.2 Å². The summed E-state index contributed by atoms with van der Waals surface area (Å²) in [4.78, 5) is 28.4. The minimum atomic E-state index is -0.732. The van der Waals surface area contributed by atoms with Gasteiger partial charge in [0.15, 0.2) is 0 Å². The van der Waals surface area contributed by atoms with E-state index in [-0.39, 0.29) is 11.4 Å². The lowest BCUT2D eigenvalue weighted by Gasteiger charge is -2.05. The first-order valence-corrected chi connectivity index (χ1v) is 8.07. The van der Waals surface area contributed by atoms with Gasteiger partial charge in [-0.2, -0.15) is 0 Å². The minimum Gasteiger partial charge on any atom is -0.422 e. The maximum absolute atomic E-state index is 13.2. The molecule has 8 heteroatoms. The van der Waals surface area contributed by atoms with E-state index in [1.807, 2.05) is 0 Å². The van der Waals surface area contributed by atoms with Crippen LogP contribution in [-0.2, 0) is 0 Å². The molecule has 2 aromatic heterocycles. The van der Waals surface area contributed by atoms with Crippen molar-refractivity contribution in [1.29, 1.82) is 0 Å². The summed E-state index contributed by atoms with van der Waals surface area (Å²) in [5.41, 5.74) is 5.19. The smallest absolute Gasteiger partial charge is 0.349 e. The topological polar surface area (TPSA) is 84.2 Å². The zero-order valence-electron chi connectivity index (χ0n) is 12.6. The van der Waals surface area contributed by atoms with Crippen molar-refractivity contribution < 1.29 is 13.6 Å². The lowest BCUT2D eigenvalue weighted by atomic mass is 10.2. The van der Waals surface area contributed by atoms with E-state index in [0.717, 1.165) is 0 Å². The Hall–Kier alpha value is -3.26. The first-order chi connectivity index (χ1) is 12.1. The summed E-state index contributed by atoms with van der Waals surface area (Å²) in [7, 11) is 0. The largest absolute Gasteiger partial charge is 0.422 e. The van der Waals surface area contributed by atoms with Gasteiger partial charge in [-0.15, -0.1) is 0 Å². The van der Waals surface area contributed by atoms with Crippen molar-refractivity contribution in [1.82, 2.24) is 10.4 Å². The monoisotopic (exact) mass is 355 g/mol. The van der Waals surface area contributed by atoms with Gasteiger partial charge in [-0.1, -0.05) is 29.5 Å². The number of halogens is 1. The number of rotatable bonds is 3. The Labute approximate surface area is 143 Å². The number of hydrogen-bond acceptors (Lipinski definition) is 6. The van der Waals surface area contributed by atoms with Gasteiger partial charge in [-0.3, -0.25) is 15.6 Å². The third kappa shape index (κ3) is 2.94. The highest BCUT2D eigenvalue weighted by Crippen LogP contribution is 2.25. The summed E-state index contributed by atoms with van der Waals surface area (Å²) < 4.78 is 19.0. The number of thiazole rings is 1. The van der Waals surface area contributed by atoms with Crippen LogP contribution in [0.25, 0.3) is 21.2 Å². The maximum atomic E-state index is 13.2. The number of carbonyl (C=O) groups is 1. The lowest BCUT2D eigenvalue weighted by molar-refractivity contribution is 0.0959. The molecule has 25 heavy (non-hydrogen) atoms. The third-order valence-corrected chi connectivity index (χ3v) is 4.45. The van der Waals surface area contributed by atoms with Gasteiger partial charge >= 0.3 is 5.63 Å². The first-order valence-electron chi connectivity index (χ1n) is 7.25. The summed E-state index contributed by atoms with van der Waals surface area (Å²) in [5, 5.41) is 1.02. The molecule has 124 valence electrons. The van der Waals surface area contributed by atoms with E-state index in [2.05, 4.69) is 15.8 Å². The van der Waals surface area contributed by atoms with Gasteiger partial charge in [0.2, 0.25) is 5.13 Å². The normalized spacial score (nSPS) is 10.9. The van der Waals surface area contributed by atoms with Crippen molar-refractivity contribution in [2.45, 2.75) is 0 Å². The Morgan fingerprint density at radius 2 is 2.00 bits per heavy atom. The molecule has 4 rings (SSSR count). The molecule has 4 aromatic rings. The van der Waals surface area contributed by atoms with Gasteiger partial charge < -0.3 is 4.42 Å². The number of hydrazine groups is 1. The molecule has 0 radical (unpaired) electrons. The second-order valence-electron chi connectivity index (χ2n) is 5.20. The maximum Gasteiger partial charge on any atom is 0.349 e. The molecule has 2 N–H and O–H groups in total. The lowest BCUT2D eigenvalue weighted by Crippen LogP contribution is -2.32. The molecule has 0 saturated heterocycles. The predicted octanol–water partition coefficient (Wildman–Crippen LogP) is 3.30. The quantitative estimate of drug-likeness (QED) is 0.435. The van der Waals surface area contributed by atoms with Gasteiger partial charge in [0.05, 0.1) is 10.2 Å². The van der Waals surface area contributed by atoms with Crippen LogP contribution in [0.4, 0.5) is 9.52 Å². The number of fused-ring (bicyclic) bond motifs is 2. The number of nitrogens with zero attached hydrogens (tertiary/aromatic N) is 1. The van der Waals surface area contributed by atoms with Crippen LogP contribution in [0, 0.1) is 5.82 Å². The molecule has 6 nitrogen and oxygen atoms in total. The number of carbonyl (C=O) groups excluding carboxylic acids is 1. The first kappa shape index (κ1) is 15.3. The van der Waals surface area contributed by atoms with Crippen molar-refractivity contribution in [3.05, 3.63) is 70.3 Å². The highest BCUT2D eigenvalue weighted by atomic mass is 32.1. The molecule has 0 fully saturated rings. The number of anilines is 1. The SMILES string of the molecule is O=C(NNc1nc2ccc(F)cc2s1)c1cc2ccccc2oc1=O. The highest BCUT2D eigenvalue weighted by Gasteiger charge is 2.14. The molecule has 0 unspecified atom stereocenters. The summed E-state index contributed by atoms with van der Waals surface area (Å²) in [6.07, 6.45) is 0. The molecule has 0 atom stereocenters. The zero-order chi connectivity index (χ0) is 17.4. The number of nitrogens with one attached hydrogen (secondary N) is 2. The fraction of sp³-hybridized carbons (Fsp3) is 0. The van der Waals surface area contributed by atoms with Gasteiger partial charge in [-0.05, 0) is 30.3 Å². The molecule has 2 heterocycles. The average molecular weight is 355 g/mol. The summed E-state index contributed by atoms with van der Waals surface area (Å²) >= 11 is 1.18. The van der Waals surface area contributed by atoms with Crippen LogP contribution in [0.15, 0.2) is 57.7 Å². The second-order valence-corrected chi connectivity index (χ2v) is 6.23. The van der Waals surface area contributed by atoms with Crippen molar-refractivity contribution in [3.8, 4) is 0 Å².